The maximum Gasteiger partial charge on any atom is 0.247 e. The first kappa shape index (κ1) is 12.9. The molecule has 0 spiro atoms. The Bertz CT molecular complexity index is 602. The van der Waals surface area contributed by atoms with Gasteiger partial charge in [-0.2, -0.15) is 4.98 Å². The van der Waals surface area contributed by atoms with Gasteiger partial charge in [0.2, 0.25) is 11.2 Å². The van der Waals surface area contributed by atoms with Crippen molar-refractivity contribution in [3.8, 4) is 11.6 Å². The van der Waals surface area contributed by atoms with Gasteiger partial charge < -0.3 is 10.5 Å². The van der Waals surface area contributed by atoms with Crippen LogP contribution in [0.2, 0.25) is 10.3 Å². The van der Waals surface area contributed by atoms with Gasteiger partial charge in [0, 0.05) is 5.02 Å². The van der Waals surface area contributed by atoms with Gasteiger partial charge in [-0.3, -0.25) is 0 Å². The van der Waals surface area contributed by atoms with E-state index in [0.29, 0.717) is 22.2 Å². The number of anilines is 1. The minimum Gasteiger partial charge on any atom is -0.437 e. The average Bonchev–Trinajstić information content (AvgIpc) is 2.30. The number of nitrogen functional groups attached to an aromatic ring is 1. The molecule has 0 bridgehead atoms. The van der Waals surface area contributed by atoms with E-state index in [1.54, 1.807) is 19.1 Å². The van der Waals surface area contributed by atoms with Gasteiger partial charge in [0.15, 0.2) is 0 Å². The smallest absolute Gasteiger partial charge is 0.247 e. The Morgan fingerprint density at radius 3 is 2.61 bits per heavy atom. The number of aromatic nitrogens is 2. The minimum atomic E-state index is 0.0939. The van der Waals surface area contributed by atoms with Crippen molar-refractivity contribution in [2.24, 2.45) is 0 Å². The zero-order valence-corrected chi connectivity index (χ0v) is 11.4. The Morgan fingerprint density at radius 1 is 1.17 bits per heavy atom. The molecule has 0 unspecified atom stereocenters. The van der Waals surface area contributed by atoms with Gasteiger partial charge in [0.05, 0.1) is 5.69 Å². The molecule has 0 aliphatic rings. The molecule has 2 aromatic rings. The number of benzene rings is 1. The van der Waals surface area contributed by atoms with E-state index in [2.05, 4.69) is 9.97 Å². The van der Waals surface area contributed by atoms with Crippen LogP contribution in [-0.4, -0.2) is 9.97 Å². The quantitative estimate of drug-likeness (QED) is 0.852. The van der Waals surface area contributed by atoms with Crippen LogP contribution in [0.4, 0.5) is 5.69 Å². The molecule has 0 aliphatic heterocycles. The second-order valence-corrected chi connectivity index (χ2v) is 4.58. The van der Waals surface area contributed by atoms with Crippen molar-refractivity contribution in [1.82, 2.24) is 9.97 Å². The highest BCUT2D eigenvalue weighted by Crippen LogP contribution is 2.31. The number of ether oxygens (including phenoxy) is 1. The molecule has 2 rings (SSSR count). The first-order chi connectivity index (χ1) is 8.47. The summed E-state index contributed by atoms with van der Waals surface area (Å²) in [5.41, 5.74) is 7.70. The standard InChI is InChI=1S/C12H11Cl2N3O/c1-6-3-4-8(13)5-9(6)18-11-10(15)7(2)16-12(14)17-11/h3-5H,15H2,1-2H3. The number of rotatable bonds is 2. The lowest BCUT2D eigenvalue weighted by Crippen LogP contribution is -2.01. The van der Waals surface area contributed by atoms with Crippen LogP contribution >= 0.6 is 23.2 Å². The summed E-state index contributed by atoms with van der Waals surface area (Å²) in [4.78, 5) is 7.90. The molecule has 2 N–H and O–H groups in total. The fourth-order valence-electron chi connectivity index (χ4n) is 1.39. The van der Waals surface area contributed by atoms with E-state index in [1.165, 1.54) is 0 Å². The molecular formula is C12H11Cl2N3O. The molecule has 4 nitrogen and oxygen atoms in total. The van der Waals surface area contributed by atoms with Crippen LogP contribution in [0.15, 0.2) is 18.2 Å². The molecule has 0 aliphatic carbocycles. The number of hydrogen-bond acceptors (Lipinski definition) is 4. The number of hydrogen-bond donors (Lipinski definition) is 1. The molecule has 6 heteroatoms. The highest BCUT2D eigenvalue weighted by molar-refractivity contribution is 6.30. The lowest BCUT2D eigenvalue weighted by Gasteiger charge is -2.11. The number of halogens is 2. The van der Waals surface area contributed by atoms with Gasteiger partial charge in [-0.05, 0) is 43.1 Å². The highest BCUT2D eigenvalue weighted by atomic mass is 35.5. The van der Waals surface area contributed by atoms with Gasteiger partial charge in [0.25, 0.3) is 0 Å². The summed E-state index contributed by atoms with van der Waals surface area (Å²) >= 11 is 11.7. The predicted molar refractivity (Wildman–Crippen MR) is 72.5 cm³/mol. The zero-order chi connectivity index (χ0) is 13.3. The van der Waals surface area contributed by atoms with Gasteiger partial charge >= 0.3 is 0 Å². The Kier molecular flexibility index (Phi) is 3.59. The maximum absolute atomic E-state index is 5.92. The second kappa shape index (κ2) is 5.00. The molecule has 0 atom stereocenters. The van der Waals surface area contributed by atoms with E-state index in [0.717, 1.165) is 5.56 Å². The largest absolute Gasteiger partial charge is 0.437 e. The first-order valence-corrected chi connectivity index (χ1v) is 5.96. The van der Waals surface area contributed by atoms with Crippen molar-refractivity contribution < 1.29 is 4.74 Å². The van der Waals surface area contributed by atoms with Crippen molar-refractivity contribution in [2.75, 3.05) is 5.73 Å². The summed E-state index contributed by atoms with van der Waals surface area (Å²) in [7, 11) is 0. The summed E-state index contributed by atoms with van der Waals surface area (Å²) in [6, 6.07) is 5.33. The fraction of sp³-hybridized carbons (Fsp3) is 0.167. The summed E-state index contributed by atoms with van der Waals surface area (Å²) in [5.74, 6) is 0.821. The Hall–Kier alpha value is -1.52. The topological polar surface area (TPSA) is 61.0 Å². The van der Waals surface area contributed by atoms with E-state index in [9.17, 15) is 0 Å². The van der Waals surface area contributed by atoms with Crippen LogP contribution in [0.3, 0.4) is 0 Å². The Labute approximate surface area is 115 Å². The van der Waals surface area contributed by atoms with Gasteiger partial charge in [-0.25, -0.2) is 4.98 Å². The number of aryl methyl sites for hydroxylation is 2. The molecule has 0 amide bonds. The molecular weight excluding hydrogens is 273 g/mol. The van der Waals surface area contributed by atoms with E-state index in [4.69, 9.17) is 33.7 Å². The van der Waals surface area contributed by atoms with Gasteiger partial charge in [-0.1, -0.05) is 17.7 Å². The molecule has 1 heterocycles. The Morgan fingerprint density at radius 2 is 1.89 bits per heavy atom. The third-order valence-corrected chi connectivity index (χ3v) is 2.83. The third-order valence-electron chi connectivity index (χ3n) is 2.43. The van der Waals surface area contributed by atoms with Crippen LogP contribution in [0.25, 0.3) is 0 Å². The van der Waals surface area contributed by atoms with Gasteiger partial charge in [-0.15, -0.1) is 0 Å². The van der Waals surface area contributed by atoms with Crippen molar-refractivity contribution in [3.05, 3.63) is 39.8 Å². The molecule has 1 aromatic heterocycles. The maximum atomic E-state index is 5.92. The van der Waals surface area contributed by atoms with Crippen LogP contribution in [-0.2, 0) is 0 Å². The van der Waals surface area contributed by atoms with E-state index in [1.807, 2.05) is 13.0 Å². The monoisotopic (exact) mass is 283 g/mol. The lowest BCUT2D eigenvalue weighted by atomic mass is 10.2. The van der Waals surface area contributed by atoms with Crippen molar-refractivity contribution in [2.45, 2.75) is 13.8 Å². The third kappa shape index (κ3) is 2.66. The SMILES string of the molecule is Cc1ccc(Cl)cc1Oc1nc(Cl)nc(C)c1N. The predicted octanol–water partition coefficient (Wildman–Crippen LogP) is 3.77. The summed E-state index contributed by atoms with van der Waals surface area (Å²) in [6.45, 7) is 3.64. The van der Waals surface area contributed by atoms with E-state index in [-0.39, 0.29) is 11.2 Å². The second-order valence-electron chi connectivity index (χ2n) is 3.81. The summed E-state index contributed by atoms with van der Waals surface area (Å²) in [5, 5.41) is 0.669. The zero-order valence-electron chi connectivity index (χ0n) is 9.87. The molecule has 0 radical (unpaired) electrons. The molecule has 1 aromatic carbocycles. The lowest BCUT2D eigenvalue weighted by molar-refractivity contribution is 0.460. The molecule has 18 heavy (non-hydrogen) atoms. The summed E-state index contributed by atoms with van der Waals surface area (Å²) < 4.78 is 5.64. The fourth-order valence-corrected chi connectivity index (χ4v) is 1.75. The molecule has 94 valence electrons. The van der Waals surface area contributed by atoms with Crippen LogP contribution in [0.1, 0.15) is 11.3 Å². The Balaban J connectivity index is 2.43. The van der Waals surface area contributed by atoms with E-state index >= 15 is 0 Å². The highest BCUT2D eigenvalue weighted by Gasteiger charge is 2.11. The average molecular weight is 284 g/mol. The van der Waals surface area contributed by atoms with Crippen molar-refractivity contribution in [3.63, 3.8) is 0 Å². The van der Waals surface area contributed by atoms with Gasteiger partial charge in [0.1, 0.15) is 11.4 Å². The number of nitrogens with two attached hydrogens (primary N) is 1. The van der Waals surface area contributed by atoms with Crippen molar-refractivity contribution >= 4 is 28.9 Å². The van der Waals surface area contributed by atoms with E-state index < -0.39 is 0 Å². The van der Waals surface area contributed by atoms with Crippen LogP contribution in [0, 0.1) is 13.8 Å². The minimum absolute atomic E-state index is 0.0939. The molecule has 0 fully saturated rings. The summed E-state index contributed by atoms with van der Waals surface area (Å²) in [6.07, 6.45) is 0. The van der Waals surface area contributed by atoms with Crippen molar-refractivity contribution in [1.29, 1.82) is 0 Å². The first-order valence-electron chi connectivity index (χ1n) is 5.21. The van der Waals surface area contributed by atoms with Crippen LogP contribution in [0.5, 0.6) is 11.6 Å². The normalized spacial score (nSPS) is 10.4. The number of nitrogens with zero attached hydrogens (tertiary/aromatic N) is 2. The molecule has 0 saturated heterocycles. The van der Waals surface area contributed by atoms with Crippen LogP contribution < -0.4 is 10.5 Å². The molecule has 0 saturated carbocycles.